The number of rotatable bonds is 6. The van der Waals surface area contributed by atoms with E-state index in [2.05, 4.69) is 26.2 Å². The van der Waals surface area contributed by atoms with Crippen molar-refractivity contribution in [3.05, 3.63) is 29.3 Å². The molecule has 24 heavy (non-hydrogen) atoms. The highest BCUT2D eigenvalue weighted by Crippen LogP contribution is 2.36. The van der Waals surface area contributed by atoms with Gasteiger partial charge in [0.1, 0.15) is 0 Å². The zero-order chi connectivity index (χ0) is 17.1. The van der Waals surface area contributed by atoms with E-state index in [1.54, 1.807) is 29.9 Å². The summed E-state index contributed by atoms with van der Waals surface area (Å²) >= 11 is 1.31. The molecule has 0 unspecified atom stereocenters. The number of benzene rings is 1. The van der Waals surface area contributed by atoms with E-state index in [0.717, 1.165) is 18.4 Å². The number of hydrogen-bond acceptors (Lipinski definition) is 6. The Morgan fingerprint density at radius 2 is 2.17 bits per heavy atom. The van der Waals surface area contributed by atoms with Gasteiger partial charge in [0.2, 0.25) is 11.1 Å². The molecule has 1 aliphatic rings. The molecule has 2 aromatic rings. The number of nitrogens with zero attached hydrogens (tertiary/aromatic N) is 4. The molecule has 9 heteroatoms. The molecule has 1 aliphatic carbocycles. The third-order valence-corrected chi connectivity index (χ3v) is 4.62. The Morgan fingerprint density at radius 1 is 1.38 bits per heavy atom. The minimum absolute atomic E-state index is 0.164. The smallest absolute Gasteiger partial charge is 0.251 e. The monoisotopic (exact) mass is 346 g/mol. The number of tetrazole rings is 1. The molecule has 0 aliphatic heterocycles. The average molecular weight is 346 g/mol. The summed E-state index contributed by atoms with van der Waals surface area (Å²) in [5.41, 5.74) is 2.02. The van der Waals surface area contributed by atoms with E-state index < -0.39 is 0 Å². The van der Waals surface area contributed by atoms with Crippen molar-refractivity contribution >= 4 is 29.3 Å². The number of carbonyl (C=O) groups excluding carboxylic acids is 2. The summed E-state index contributed by atoms with van der Waals surface area (Å²) in [7, 11) is 1.57. The lowest BCUT2D eigenvalue weighted by Crippen LogP contribution is -2.19. The highest BCUT2D eigenvalue weighted by atomic mass is 32.2. The van der Waals surface area contributed by atoms with Gasteiger partial charge in [-0.2, -0.15) is 0 Å². The van der Waals surface area contributed by atoms with Crippen LogP contribution in [0.25, 0.3) is 0 Å². The normalized spacial score (nSPS) is 13.6. The van der Waals surface area contributed by atoms with Crippen molar-refractivity contribution in [1.29, 1.82) is 0 Å². The Labute approximate surface area is 143 Å². The third kappa shape index (κ3) is 3.73. The van der Waals surface area contributed by atoms with Crippen molar-refractivity contribution in [3.8, 4) is 0 Å². The fourth-order valence-electron chi connectivity index (χ4n) is 2.19. The number of anilines is 1. The first-order valence-electron chi connectivity index (χ1n) is 7.61. The van der Waals surface area contributed by atoms with Crippen molar-refractivity contribution in [2.24, 2.45) is 0 Å². The summed E-state index contributed by atoms with van der Waals surface area (Å²) in [6, 6.07) is 5.57. The number of aryl methyl sites for hydroxylation is 1. The highest BCUT2D eigenvalue weighted by Gasteiger charge is 2.28. The molecule has 126 valence electrons. The molecule has 0 radical (unpaired) electrons. The Hall–Kier alpha value is -2.42. The number of carbonyl (C=O) groups is 2. The Morgan fingerprint density at radius 3 is 2.88 bits per heavy atom. The largest absolute Gasteiger partial charge is 0.355 e. The van der Waals surface area contributed by atoms with Crippen LogP contribution in [0.15, 0.2) is 23.4 Å². The summed E-state index contributed by atoms with van der Waals surface area (Å²) in [5.74, 6) is -0.150. The van der Waals surface area contributed by atoms with Gasteiger partial charge >= 0.3 is 0 Å². The zero-order valence-electron chi connectivity index (χ0n) is 13.4. The van der Waals surface area contributed by atoms with Crippen molar-refractivity contribution in [3.63, 3.8) is 0 Å². The Balaban J connectivity index is 1.62. The number of amides is 2. The molecule has 1 aromatic carbocycles. The van der Waals surface area contributed by atoms with E-state index in [9.17, 15) is 9.59 Å². The molecule has 1 fully saturated rings. The molecule has 8 nitrogen and oxygen atoms in total. The summed E-state index contributed by atoms with van der Waals surface area (Å²) in [5, 5.41) is 17.6. The second-order valence-electron chi connectivity index (χ2n) is 5.58. The maximum atomic E-state index is 12.2. The maximum absolute atomic E-state index is 12.2. The molecule has 3 rings (SSSR count). The van der Waals surface area contributed by atoms with Gasteiger partial charge in [0.05, 0.1) is 11.8 Å². The third-order valence-electron chi connectivity index (χ3n) is 3.69. The lowest BCUT2D eigenvalue weighted by atomic mass is 10.1. The second-order valence-corrected chi connectivity index (χ2v) is 6.53. The van der Waals surface area contributed by atoms with Crippen molar-refractivity contribution in [2.75, 3.05) is 18.1 Å². The van der Waals surface area contributed by atoms with Gasteiger partial charge < -0.3 is 10.6 Å². The van der Waals surface area contributed by atoms with E-state index in [-0.39, 0.29) is 17.6 Å². The topological polar surface area (TPSA) is 102 Å². The van der Waals surface area contributed by atoms with Crippen LogP contribution in [0.1, 0.15) is 34.8 Å². The summed E-state index contributed by atoms with van der Waals surface area (Å²) in [6.07, 6.45) is 2.16. The lowest BCUT2D eigenvalue weighted by molar-refractivity contribution is -0.113. The van der Waals surface area contributed by atoms with Gasteiger partial charge in [-0.3, -0.25) is 9.59 Å². The predicted octanol–water partition coefficient (Wildman–Crippen LogP) is 1.41. The van der Waals surface area contributed by atoms with Gasteiger partial charge in [-0.05, 0) is 47.9 Å². The van der Waals surface area contributed by atoms with Crippen LogP contribution < -0.4 is 10.6 Å². The molecular formula is C15H18N6O2S. The molecule has 0 saturated heterocycles. The van der Waals surface area contributed by atoms with Crippen LogP contribution in [-0.4, -0.2) is 44.8 Å². The summed E-state index contributed by atoms with van der Waals surface area (Å²) in [4.78, 5) is 23.9. The molecule has 1 aromatic heterocycles. The summed E-state index contributed by atoms with van der Waals surface area (Å²) in [6.45, 7) is 1.88. The van der Waals surface area contributed by atoms with Crippen LogP contribution in [0, 0.1) is 6.92 Å². The van der Waals surface area contributed by atoms with Crippen LogP contribution in [0.5, 0.6) is 0 Å². The molecular weight excluding hydrogens is 328 g/mol. The van der Waals surface area contributed by atoms with Gasteiger partial charge in [-0.25, -0.2) is 4.68 Å². The van der Waals surface area contributed by atoms with Crippen molar-refractivity contribution in [1.82, 2.24) is 25.5 Å². The molecule has 1 heterocycles. The second kappa shape index (κ2) is 7.00. The average Bonchev–Trinajstić information content (AvgIpc) is 3.32. The Bertz CT molecular complexity index is 771. The highest BCUT2D eigenvalue weighted by molar-refractivity contribution is 7.99. The van der Waals surface area contributed by atoms with Crippen LogP contribution in [0.4, 0.5) is 5.69 Å². The zero-order valence-corrected chi connectivity index (χ0v) is 14.3. The van der Waals surface area contributed by atoms with E-state index in [1.165, 1.54) is 11.8 Å². The maximum Gasteiger partial charge on any atom is 0.251 e. The first kappa shape index (κ1) is 16.4. The van der Waals surface area contributed by atoms with E-state index in [0.29, 0.717) is 22.4 Å². The standard InChI is InChI=1S/C15H18N6O2S/c1-9-3-4-10(14(23)16-2)7-12(9)17-13(22)8-24-15-18-19-20-21(15)11-5-6-11/h3-4,7,11H,5-6,8H2,1-2H3,(H,16,23)(H,17,22). The van der Waals surface area contributed by atoms with Gasteiger partial charge in [0.25, 0.3) is 5.91 Å². The van der Waals surface area contributed by atoms with Crippen LogP contribution in [-0.2, 0) is 4.79 Å². The fraction of sp³-hybridized carbons (Fsp3) is 0.400. The van der Waals surface area contributed by atoms with Crippen LogP contribution >= 0.6 is 11.8 Å². The quantitative estimate of drug-likeness (QED) is 0.767. The van der Waals surface area contributed by atoms with Gasteiger partial charge in [0.15, 0.2) is 0 Å². The molecule has 0 atom stereocenters. The van der Waals surface area contributed by atoms with E-state index in [1.807, 2.05) is 6.92 Å². The minimum Gasteiger partial charge on any atom is -0.355 e. The first-order valence-corrected chi connectivity index (χ1v) is 8.60. The number of nitrogens with one attached hydrogen (secondary N) is 2. The van der Waals surface area contributed by atoms with Crippen molar-refractivity contribution < 1.29 is 9.59 Å². The molecule has 0 spiro atoms. The molecule has 2 N–H and O–H groups in total. The minimum atomic E-state index is -0.191. The van der Waals surface area contributed by atoms with Gasteiger partial charge in [-0.15, -0.1) is 5.10 Å². The number of aromatic nitrogens is 4. The SMILES string of the molecule is CNC(=O)c1ccc(C)c(NC(=O)CSc2nnnn2C2CC2)c1. The first-order chi connectivity index (χ1) is 11.6. The van der Waals surface area contributed by atoms with Crippen molar-refractivity contribution in [2.45, 2.75) is 31.0 Å². The molecule has 0 bridgehead atoms. The summed E-state index contributed by atoms with van der Waals surface area (Å²) < 4.78 is 1.77. The van der Waals surface area contributed by atoms with E-state index >= 15 is 0 Å². The predicted molar refractivity (Wildman–Crippen MR) is 90.0 cm³/mol. The lowest BCUT2D eigenvalue weighted by Gasteiger charge is -2.10. The van der Waals surface area contributed by atoms with Gasteiger partial charge in [0, 0.05) is 18.3 Å². The molecule has 1 saturated carbocycles. The Kier molecular flexibility index (Phi) is 4.79. The van der Waals surface area contributed by atoms with Gasteiger partial charge in [-0.1, -0.05) is 17.8 Å². The fourth-order valence-corrected chi connectivity index (χ4v) is 2.93. The number of thioether (sulfide) groups is 1. The van der Waals surface area contributed by atoms with E-state index in [4.69, 9.17) is 0 Å². The van der Waals surface area contributed by atoms with Crippen LogP contribution in [0.2, 0.25) is 0 Å². The molecule has 2 amide bonds. The number of hydrogen-bond donors (Lipinski definition) is 2. The van der Waals surface area contributed by atoms with Crippen LogP contribution in [0.3, 0.4) is 0 Å².